The van der Waals surface area contributed by atoms with Crippen LogP contribution >= 0.6 is 0 Å². The van der Waals surface area contributed by atoms with Gasteiger partial charge in [-0.25, -0.2) is 0 Å². The van der Waals surface area contributed by atoms with Crippen molar-refractivity contribution >= 4 is 11.6 Å². The highest BCUT2D eigenvalue weighted by molar-refractivity contribution is 5.94. The Bertz CT molecular complexity index is 771. The molecular weight excluding hydrogens is 364 g/mol. The molecule has 1 aliphatic heterocycles. The third-order valence-electron chi connectivity index (χ3n) is 5.27. The summed E-state index contributed by atoms with van der Waals surface area (Å²) in [5.74, 6) is 0.500. The Morgan fingerprint density at radius 2 is 1.86 bits per heavy atom. The van der Waals surface area contributed by atoms with Gasteiger partial charge in [-0.1, -0.05) is 30.3 Å². The average Bonchev–Trinajstić information content (AvgIpc) is 3.13. The van der Waals surface area contributed by atoms with Crippen molar-refractivity contribution in [1.29, 1.82) is 0 Å². The van der Waals surface area contributed by atoms with Crippen molar-refractivity contribution in [1.82, 2.24) is 4.90 Å². The Labute approximate surface area is 163 Å². The maximum absolute atomic E-state index is 12.7. The largest absolute Gasteiger partial charge is 0.435 e. The first-order chi connectivity index (χ1) is 13.5. The highest BCUT2D eigenvalue weighted by Crippen LogP contribution is 2.33. The fraction of sp³-hybridized carbons (Fsp3) is 0.381. The molecule has 0 spiro atoms. The summed E-state index contributed by atoms with van der Waals surface area (Å²) in [4.78, 5) is 14.8. The van der Waals surface area contributed by atoms with Crippen LogP contribution in [0.25, 0.3) is 0 Å². The summed E-state index contributed by atoms with van der Waals surface area (Å²) >= 11 is 0. The molecule has 1 fully saturated rings. The van der Waals surface area contributed by atoms with Crippen LogP contribution in [0.1, 0.15) is 18.4 Å². The third kappa shape index (κ3) is 4.85. The zero-order valence-corrected chi connectivity index (χ0v) is 15.7. The van der Waals surface area contributed by atoms with E-state index in [9.17, 15) is 13.6 Å². The lowest BCUT2D eigenvalue weighted by atomic mass is 9.89. The second-order valence-corrected chi connectivity index (χ2v) is 7.03. The quantitative estimate of drug-likeness (QED) is 0.763. The molecule has 1 amide bonds. The molecule has 5 nitrogen and oxygen atoms in total. The Morgan fingerprint density at radius 1 is 1.18 bits per heavy atom. The van der Waals surface area contributed by atoms with Crippen molar-refractivity contribution in [3.05, 3.63) is 60.2 Å². The molecule has 3 atom stereocenters. The predicted octanol–water partition coefficient (Wildman–Crippen LogP) is 3.29. The van der Waals surface area contributed by atoms with E-state index in [-0.39, 0.29) is 17.7 Å². The molecule has 3 N–H and O–H groups in total. The molecule has 0 aromatic heterocycles. The molecule has 0 radical (unpaired) electrons. The van der Waals surface area contributed by atoms with Crippen molar-refractivity contribution in [3.8, 4) is 5.75 Å². The van der Waals surface area contributed by atoms with Crippen LogP contribution in [0.4, 0.5) is 14.5 Å². The highest BCUT2D eigenvalue weighted by Gasteiger charge is 2.36. The first kappa shape index (κ1) is 20.2. The molecule has 3 rings (SSSR count). The number of nitrogens with two attached hydrogens (primary N) is 1. The van der Waals surface area contributed by atoms with Gasteiger partial charge in [-0.2, -0.15) is 8.78 Å². The molecule has 1 unspecified atom stereocenters. The number of amides is 1. The van der Waals surface area contributed by atoms with Crippen LogP contribution in [-0.4, -0.2) is 43.1 Å². The van der Waals surface area contributed by atoms with Crippen molar-refractivity contribution in [2.45, 2.75) is 25.5 Å². The average molecular weight is 389 g/mol. The predicted molar refractivity (Wildman–Crippen MR) is 104 cm³/mol. The SMILES string of the molecule is CC(C(=O)Nc1ccc(OC(F)F)cc1)N1C[C@@H](CN)[C@H](c2ccccc2)C1. The molecule has 1 heterocycles. The number of carbonyl (C=O) groups is 1. The van der Waals surface area contributed by atoms with E-state index in [2.05, 4.69) is 27.1 Å². The van der Waals surface area contributed by atoms with Gasteiger partial charge in [0, 0.05) is 24.7 Å². The number of benzene rings is 2. The number of alkyl halides is 2. The van der Waals surface area contributed by atoms with Crippen LogP contribution in [0.2, 0.25) is 0 Å². The Morgan fingerprint density at radius 3 is 2.46 bits per heavy atom. The molecule has 28 heavy (non-hydrogen) atoms. The summed E-state index contributed by atoms with van der Waals surface area (Å²) in [6.45, 7) is 1.08. The molecule has 2 aromatic carbocycles. The number of hydrogen-bond donors (Lipinski definition) is 2. The minimum atomic E-state index is -2.87. The Hall–Kier alpha value is -2.51. The van der Waals surface area contributed by atoms with Crippen LogP contribution in [-0.2, 0) is 4.79 Å². The molecule has 1 aliphatic rings. The number of rotatable bonds is 7. The number of ether oxygens (including phenoxy) is 1. The standard InChI is InChI=1S/C21H25F2N3O2/c1-14(20(27)25-17-7-9-18(10-8-17)28-21(22)23)26-12-16(11-24)19(13-26)15-5-3-2-4-6-15/h2-10,14,16,19,21H,11-13,24H2,1H3,(H,25,27)/t14?,16-,19+/m1/s1. The van der Waals surface area contributed by atoms with Crippen LogP contribution < -0.4 is 15.8 Å². The molecule has 0 saturated carbocycles. The van der Waals surface area contributed by atoms with E-state index < -0.39 is 6.61 Å². The maximum atomic E-state index is 12.7. The summed E-state index contributed by atoms with van der Waals surface area (Å²) in [5.41, 5.74) is 7.75. The normalized spacial score (nSPS) is 20.9. The van der Waals surface area contributed by atoms with Crippen LogP contribution in [0.5, 0.6) is 5.75 Å². The van der Waals surface area contributed by atoms with Crippen molar-refractivity contribution in [3.63, 3.8) is 0 Å². The molecule has 7 heteroatoms. The van der Waals surface area contributed by atoms with E-state index in [0.29, 0.717) is 24.1 Å². The summed E-state index contributed by atoms with van der Waals surface area (Å²) in [6, 6.07) is 15.8. The molecule has 2 aromatic rings. The van der Waals surface area contributed by atoms with Gasteiger partial charge in [0.15, 0.2) is 0 Å². The zero-order chi connectivity index (χ0) is 20.1. The fourth-order valence-corrected chi connectivity index (χ4v) is 3.67. The minimum Gasteiger partial charge on any atom is -0.435 e. The third-order valence-corrected chi connectivity index (χ3v) is 5.27. The van der Waals surface area contributed by atoms with Crippen LogP contribution in [0.15, 0.2) is 54.6 Å². The first-order valence-electron chi connectivity index (χ1n) is 9.32. The van der Waals surface area contributed by atoms with Gasteiger partial charge >= 0.3 is 6.61 Å². The van der Waals surface area contributed by atoms with E-state index >= 15 is 0 Å². The van der Waals surface area contributed by atoms with Gasteiger partial charge in [-0.3, -0.25) is 9.69 Å². The number of halogens is 2. The lowest BCUT2D eigenvalue weighted by Crippen LogP contribution is -2.41. The van der Waals surface area contributed by atoms with E-state index in [1.807, 2.05) is 25.1 Å². The fourth-order valence-electron chi connectivity index (χ4n) is 3.67. The molecule has 0 aliphatic carbocycles. The number of nitrogens with zero attached hydrogens (tertiary/aromatic N) is 1. The lowest BCUT2D eigenvalue weighted by molar-refractivity contribution is -0.120. The monoisotopic (exact) mass is 389 g/mol. The number of nitrogens with one attached hydrogen (secondary N) is 1. The van der Waals surface area contributed by atoms with Crippen molar-refractivity contribution in [2.75, 3.05) is 25.0 Å². The van der Waals surface area contributed by atoms with Gasteiger partial charge in [-0.05, 0) is 49.2 Å². The highest BCUT2D eigenvalue weighted by atomic mass is 19.3. The minimum absolute atomic E-state index is 0.0529. The Kier molecular flexibility index (Phi) is 6.59. The second kappa shape index (κ2) is 9.12. The Balaban J connectivity index is 1.61. The lowest BCUT2D eigenvalue weighted by Gasteiger charge is -2.23. The topological polar surface area (TPSA) is 67.6 Å². The van der Waals surface area contributed by atoms with Crippen molar-refractivity contribution < 1.29 is 18.3 Å². The summed E-state index contributed by atoms with van der Waals surface area (Å²) < 4.78 is 28.8. The summed E-state index contributed by atoms with van der Waals surface area (Å²) in [5, 5.41) is 2.83. The maximum Gasteiger partial charge on any atom is 0.387 e. The summed E-state index contributed by atoms with van der Waals surface area (Å²) in [6.07, 6.45) is 0. The number of hydrogen-bond acceptors (Lipinski definition) is 4. The van der Waals surface area contributed by atoms with Gasteiger partial charge in [0.25, 0.3) is 0 Å². The number of carbonyl (C=O) groups excluding carboxylic acids is 1. The van der Waals surface area contributed by atoms with Gasteiger partial charge < -0.3 is 15.8 Å². The van der Waals surface area contributed by atoms with Crippen LogP contribution in [0.3, 0.4) is 0 Å². The van der Waals surface area contributed by atoms with E-state index in [0.717, 1.165) is 13.1 Å². The van der Waals surface area contributed by atoms with Crippen LogP contribution in [0, 0.1) is 5.92 Å². The van der Waals surface area contributed by atoms with E-state index in [4.69, 9.17) is 5.73 Å². The van der Waals surface area contributed by atoms with Gasteiger partial charge in [0.2, 0.25) is 5.91 Å². The first-order valence-corrected chi connectivity index (χ1v) is 9.32. The van der Waals surface area contributed by atoms with Gasteiger partial charge in [0.1, 0.15) is 5.75 Å². The van der Waals surface area contributed by atoms with E-state index in [1.165, 1.54) is 17.7 Å². The van der Waals surface area contributed by atoms with Crippen molar-refractivity contribution in [2.24, 2.45) is 11.7 Å². The zero-order valence-electron chi connectivity index (χ0n) is 15.7. The molecule has 0 bridgehead atoms. The second-order valence-electron chi connectivity index (χ2n) is 7.03. The molecule has 150 valence electrons. The smallest absolute Gasteiger partial charge is 0.387 e. The molecule has 1 saturated heterocycles. The molecular formula is C21H25F2N3O2. The number of likely N-dealkylation sites (tertiary alicyclic amines) is 1. The van der Waals surface area contributed by atoms with Gasteiger partial charge in [0.05, 0.1) is 6.04 Å². The number of anilines is 1. The summed E-state index contributed by atoms with van der Waals surface area (Å²) in [7, 11) is 0. The van der Waals surface area contributed by atoms with Gasteiger partial charge in [-0.15, -0.1) is 0 Å². The van der Waals surface area contributed by atoms with E-state index in [1.54, 1.807) is 12.1 Å².